The van der Waals surface area contributed by atoms with Crippen molar-refractivity contribution in [3.05, 3.63) is 0 Å². The van der Waals surface area contributed by atoms with Gasteiger partial charge in [0.05, 0.1) is 36.3 Å². The predicted octanol–water partition coefficient (Wildman–Crippen LogP) is 8.93. The van der Waals surface area contributed by atoms with Crippen molar-refractivity contribution < 1.29 is 9.68 Å². The number of rotatable bonds is 6. The summed E-state index contributed by atoms with van der Waals surface area (Å²) in [5.74, 6) is 1.87. The van der Waals surface area contributed by atoms with Gasteiger partial charge in [-0.15, -0.1) is 0 Å². The first-order chi connectivity index (χ1) is 20.9. The van der Waals surface area contributed by atoms with Crippen molar-refractivity contribution in [2.45, 2.75) is 229 Å². The number of hydrogen-bond donors (Lipinski definition) is 0. The lowest BCUT2D eigenvalue weighted by molar-refractivity contribution is -0.617. The third-order valence-corrected chi connectivity index (χ3v) is 12.5. The smallest absolute Gasteiger partial charge is 0.351 e. The van der Waals surface area contributed by atoms with Gasteiger partial charge >= 0.3 is 5.96 Å². The Labute approximate surface area is 261 Å². The zero-order chi connectivity index (χ0) is 29.0. The van der Waals surface area contributed by atoms with E-state index in [-0.39, 0.29) is 0 Å². The third-order valence-electron chi connectivity index (χ3n) is 12.5. The molecule has 0 spiro atoms. The summed E-state index contributed by atoms with van der Waals surface area (Å²) in [4.78, 5) is 6.56. The lowest BCUT2D eigenvalue weighted by atomic mass is 9.86. The van der Waals surface area contributed by atoms with Crippen molar-refractivity contribution in [1.29, 1.82) is 0 Å². The first kappa shape index (κ1) is 32.6. The van der Waals surface area contributed by atoms with Crippen LogP contribution in [0.4, 0.5) is 0 Å². The van der Waals surface area contributed by atoms with Gasteiger partial charge in [-0.25, -0.2) is 0 Å². The van der Waals surface area contributed by atoms with Crippen LogP contribution in [0.5, 0.6) is 0 Å². The Morgan fingerprint density at radius 2 is 0.571 bits per heavy atom. The van der Waals surface area contributed by atoms with E-state index in [0.717, 1.165) is 43.4 Å². The van der Waals surface area contributed by atoms with Gasteiger partial charge in [0, 0.05) is 0 Å². The first-order valence-corrected chi connectivity index (χ1v) is 19.5. The molecule has 6 aliphatic rings. The fraction of sp³-hybridized carbons (Fsp3) is 0.974. The molecule has 4 nitrogen and oxygen atoms in total. The molecule has 0 atom stereocenters. The molecule has 0 aromatic carbocycles. The Bertz CT molecular complexity index is 663. The summed E-state index contributed by atoms with van der Waals surface area (Å²) in [5.41, 5.74) is 0. The van der Waals surface area contributed by atoms with Crippen LogP contribution < -0.4 is 5.11 Å². The first-order valence-electron chi connectivity index (χ1n) is 19.5. The summed E-state index contributed by atoms with van der Waals surface area (Å²) < 4.78 is 3.28. The molecule has 0 N–H and O–H groups in total. The largest absolute Gasteiger partial charge is 0.857 e. The maximum Gasteiger partial charge on any atom is 0.351 e. The summed E-state index contributed by atoms with van der Waals surface area (Å²) in [6.45, 7) is 0. The Morgan fingerprint density at radius 3 is 0.810 bits per heavy atom. The zero-order valence-corrected chi connectivity index (χ0v) is 27.9. The van der Waals surface area contributed by atoms with E-state index in [1.54, 1.807) is 0 Å². The highest BCUT2D eigenvalue weighted by molar-refractivity contribution is 5.77. The molecule has 6 saturated carbocycles. The second kappa shape index (κ2) is 17.6. The molecule has 6 aliphatic carbocycles. The molecule has 42 heavy (non-hydrogen) atoms. The highest BCUT2D eigenvalue weighted by Gasteiger charge is 2.48. The SMILES string of the molecule is C1CCC(N(C(N(C2CCCCC2)C2CCCCC2)=[N+](C2CCCCC2)C2CCCCC2)C2CCCCC2)CC1.C[O-]. The Kier molecular flexibility index (Phi) is 13.7. The Morgan fingerprint density at radius 1 is 0.357 bits per heavy atom. The van der Waals surface area contributed by atoms with E-state index < -0.39 is 0 Å². The van der Waals surface area contributed by atoms with Crippen molar-refractivity contribution in [3.63, 3.8) is 0 Å². The molecule has 0 saturated heterocycles. The van der Waals surface area contributed by atoms with E-state index in [9.17, 15) is 0 Å². The fourth-order valence-corrected chi connectivity index (χ4v) is 10.4. The van der Waals surface area contributed by atoms with E-state index in [1.807, 2.05) is 5.96 Å². The van der Waals surface area contributed by atoms with Crippen LogP contribution in [0.15, 0.2) is 0 Å². The molecule has 0 aliphatic heterocycles. The maximum atomic E-state index is 8.25. The molecule has 0 unspecified atom stereocenters. The van der Waals surface area contributed by atoms with Crippen molar-refractivity contribution in [3.8, 4) is 0 Å². The minimum Gasteiger partial charge on any atom is -0.857 e. The summed E-state index contributed by atoms with van der Waals surface area (Å²) in [6, 6.07) is 4.81. The van der Waals surface area contributed by atoms with E-state index in [2.05, 4.69) is 14.4 Å². The highest BCUT2D eigenvalue weighted by Crippen LogP contribution is 2.38. The average molecular weight is 584 g/mol. The zero-order valence-electron chi connectivity index (χ0n) is 27.9. The normalized spacial score (nSPS) is 26.7. The molecular weight excluding hydrogens is 514 g/mol. The highest BCUT2D eigenvalue weighted by atomic mass is 16.2. The molecule has 0 aromatic heterocycles. The number of hydrogen-bond acceptors (Lipinski definition) is 1. The van der Waals surface area contributed by atoms with Crippen LogP contribution in [0, 0.1) is 0 Å². The van der Waals surface area contributed by atoms with Crippen LogP contribution in [0.1, 0.15) is 193 Å². The van der Waals surface area contributed by atoms with Crippen LogP contribution >= 0.6 is 0 Å². The standard InChI is InChI=1S/C37H66N3.CH3O/c1-7-19-31(20-8-1)38(32-21-9-2-10-22-32)37(39(33-23-11-3-12-24-33)34-25-13-4-14-26-34)40(35-27-15-5-16-28-35)36-29-17-6-18-30-36;1-2/h31-36H,1-30H2;1H3/q+1;-1. The van der Waals surface area contributed by atoms with Crippen LogP contribution in [0.25, 0.3) is 0 Å². The average Bonchev–Trinajstić information content (AvgIpc) is 3.09. The lowest BCUT2D eigenvalue weighted by Crippen LogP contribution is -2.65. The molecule has 0 heterocycles. The molecule has 6 rings (SSSR count). The molecule has 242 valence electrons. The summed E-state index contributed by atoms with van der Waals surface area (Å²) in [6.07, 6.45) is 44.1. The molecule has 0 radical (unpaired) electrons. The van der Waals surface area contributed by atoms with Crippen molar-refractivity contribution in [1.82, 2.24) is 9.80 Å². The summed E-state index contributed by atoms with van der Waals surface area (Å²) in [7, 11) is 0.750. The van der Waals surface area contributed by atoms with Gasteiger partial charge in [-0.2, -0.15) is 7.11 Å². The van der Waals surface area contributed by atoms with E-state index in [0.29, 0.717) is 0 Å². The molecule has 4 heteroatoms. The summed E-state index contributed by atoms with van der Waals surface area (Å²) in [5, 5.41) is 8.25. The molecule has 0 aromatic rings. The van der Waals surface area contributed by atoms with Crippen molar-refractivity contribution >= 4 is 5.96 Å². The predicted molar refractivity (Wildman–Crippen MR) is 176 cm³/mol. The molecule has 0 bridgehead atoms. The fourth-order valence-electron chi connectivity index (χ4n) is 10.4. The van der Waals surface area contributed by atoms with Gasteiger partial charge in [0.2, 0.25) is 0 Å². The summed E-state index contributed by atoms with van der Waals surface area (Å²) >= 11 is 0. The molecule has 0 amide bonds. The molecular formula is C38H69N3O. The monoisotopic (exact) mass is 584 g/mol. The lowest BCUT2D eigenvalue weighted by Gasteiger charge is -2.49. The number of nitrogens with zero attached hydrogens (tertiary/aromatic N) is 3. The van der Waals surface area contributed by atoms with Crippen LogP contribution in [-0.4, -0.2) is 63.7 Å². The van der Waals surface area contributed by atoms with Crippen molar-refractivity contribution in [2.24, 2.45) is 0 Å². The Hall–Kier alpha value is -0.770. The Balaban J connectivity index is 0.00000173. The van der Waals surface area contributed by atoms with Crippen molar-refractivity contribution in [2.75, 3.05) is 7.11 Å². The van der Waals surface area contributed by atoms with Crippen LogP contribution in [0.2, 0.25) is 0 Å². The van der Waals surface area contributed by atoms with Gasteiger partial charge in [0.1, 0.15) is 0 Å². The van der Waals surface area contributed by atoms with E-state index in [4.69, 9.17) is 5.11 Å². The van der Waals surface area contributed by atoms with Gasteiger partial charge < -0.3 is 5.11 Å². The third kappa shape index (κ3) is 8.28. The minimum atomic E-state index is 0.750. The minimum absolute atomic E-state index is 0.750. The van der Waals surface area contributed by atoms with Gasteiger partial charge in [0.15, 0.2) is 0 Å². The topological polar surface area (TPSA) is 32.5 Å². The second-order valence-corrected chi connectivity index (χ2v) is 15.3. The molecule has 6 fully saturated rings. The second-order valence-electron chi connectivity index (χ2n) is 15.3. The maximum absolute atomic E-state index is 8.25. The van der Waals surface area contributed by atoms with Gasteiger partial charge in [-0.3, -0.25) is 14.4 Å². The van der Waals surface area contributed by atoms with E-state index >= 15 is 0 Å². The number of guanidine groups is 1. The van der Waals surface area contributed by atoms with Gasteiger partial charge in [-0.05, 0) is 77.0 Å². The van der Waals surface area contributed by atoms with Crippen LogP contribution in [-0.2, 0) is 0 Å². The van der Waals surface area contributed by atoms with E-state index in [1.165, 1.54) is 193 Å². The van der Waals surface area contributed by atoms with Gasteiger partial charge in [0.25, 0.3) is 0 Å². The quantitative estimate of drug-likeness (QED) is 0.178. The van der Waals surface area contributed by atoms with Crippen LogP contribution in [0.3, 0.4) is 0 Å². The van der Waals surface area contributed by atoms with Gasteiger partial charge in [-0.1, -0.05) is 116 Å².